The van der Waals surface area contributed by atoms with Crippen molar-refractivity contribution in [1.29, 1.82) is 0 Å². The highest BCUT2D eigenvalue weighted by Crippen LogP contribution is 2.32. The molecule has 0 saturated carbocycles. The standard InChI is InChI=1S/C16H16N4O5/c1-25-15-8-13(20(23)24)11(7-14(15)21)9-18-19-16(22)6-10-2-4-12(17)5-3-10/h2-5,7-9,21H,6,17H2,1H3,(H,19,22)/b18-9-. The molecule has 0 fully saturated rings. The molecule has 130 valence electrons. The number of nitro benzene ring substituents is 1. The second-order valence-electron chi connectivity index (χ2n) is 5.05. The third-order valence-corrected chi connectivity index (χ3v) is 3.26. The smallest absolute Gasteiger partial charge is 0.282 e. The molecular formula is C16H16N4O5. The molecule has 0 radical (unpaired) electrons. The Morgan fingerprint density at radius 2 is 2.08 bits per heavy atom. The summed E-state index contributed by atoms with van der Waals surface area (Å²) in [6, 6.07) is 8.99. The summed E-state index contributed by atoms with van der Waals surface area (Å²) in [4.78, 5) is 22.3. The van der Waals surface area contributed by atoms with Gasteiger partial charge in [-0.1, -0.05) is 12.1 Å². The number of carbonyl (C=O) groups is 1. The van der Waals surface area contributed by atoms with Crippen molar-refractivity contribution in [3.63, 3.8) is 0 Å². The molecule has 4 N–H and O–H groups in total. The first-order valence-corrected chi connectivity index (χ1v) is 7.12. The number of rotatable bonds is 6. The molecule has 0 unspecified atom stereocenters. The number of aromatic hydroxyl groups is 1. The van der Waals surface area contributed by atoms with E-state index in [0.717, 1.165) is 23.9 Å². The van der Waals surface area contributed by atoms with Gasteiger partial charge in [-0.2, -0.15) is 5.10 Å². The number of nitro groups is 1. The number of amides is 1. The maximum Gasteiger partial charge on any atom is 0.282 e. The third-order valence-electron chi connectivity index (χ3n) is 3.26. The third kappa shape index (κ3) is 4.67. The Labute approximate surface area is 142 Å². The summed E-state index contributed by atoms with van der Waals surface area (Å²) in [7, 11) is 1.28. The van der Waals surface area contributed by atoms with Gasteiger partial charge in [0, 0.05) is 5.69 Å². The lowest BCUT2D eigenvalue weighted by molar-refractivity contribution is -0.385. The quantitative estimate of drug-likeness (QED) is 0.314. The molecule has 0 spiro atoms. The fraction of sp³-hybridized carbons (Fsp3) is 0.125. The number of methoxy groups -OCH3 is 1. The Balaban J connectivity index is 2.08. The van der Waals surface area contributed by atoms with Crippen LogP contribution in [0.15, 0.2) is 41.5 Å². The highest BCUT2D eigenvalue weighted by molar-refractivity contribution is 5.88. The average Bonchev–Trinajstić information content (AvgIpc) is 2.57. The number of ether oxygens (including phenoxy) is 1. The first kappa shape index (κ1) is 17.7. The number of carbonyl (C=O) groups excluding carboxylic acids is 1. The minimum absolute atomic E-state index is 0.0242. The molecule has 0 bridgehead atoms. The lowest BCUT2D eigenvalue weighted by atomic mass is 10.1. The highest BCUT2D eigenvalue weighted by Gasteiger charge is 2.17. The number of phenolic OH excluding ortho intramolecular Hbond substituents is 1. The lowest BCUT2D eigenvalue weighted by Gasteiger charge is -2.05. The van der Waals surface area contributed by atoms with E-state index in [2.05, 4.69) is 10.5 Å². The summed E-state index contributed by atoms with van der Waals surface area (Å²) in [5.41, 5.74) is 8.88. The van der Waals surface area contributed by atoms with Crippen LogP contribution in [0.2, 0.25) is 0 Å². The van der Waals surface area contributed by atoms with Crippen molar-refractivity contribution in [2.24, 2.45) is 5.10 Å². The topological polar surface area (TPSA) is 140 Å². The highest BCUT2D eigenvalue weighted by atomic mass is 16.6. The van der Waals surface area contributed by atoms with E-state index >= 15 is 0 Å². The summed E-state index contributed by atoms with van der Waals surface area (Å²) < 4.78 is 4.83. The number of hydrazone groups is 1. The molecule has 9 heteroatoms. The van der Waals surface area contributed by atoms with E-state index in [1.165, 1.54) is 7.11 Å². The van der Waals surface area contributed by atoms with Crippen LogP contribution in [0.25, 0.3) is 0 Å². The molecule has 9 nitrogen and oxygen atoms in total. The van der Waals surface area contributed by atoms with Crippen LogP contribution in [-0.2, 0) is 11.2 Å². The summed E-state index contributed by atoms with van der Waals surface area (Å²) >= 11 is 0. The van der Waals surface area contributed by atoms with Crippen molar-refractivity contribution in [3.05, 3.63) is 57.6 Å². The van der Waals surface area contributed by atoms with Crippen LogP contribution < -0.4 is 15.9 Å². The van der Waals surface area contributed by atoms with Gasteiger partial charge in [0.25, 0.3) is 5.69 Å². The van der Waals surface area contributed by atoms with Crippen LogP contribution in [-0.4, -0.2) is 29.3 Å². The molecule has 1 amide bonds. The molecule has 2 rings (SSSR count). The van der Waals surface area contributed by atoms with Crippen molar-refractivity contribution >= 4 is 23.5 Å². The molecule has 0 aliphatic heterocycles. The van der Waals surface area contributed by atoms with E-state index < -0.39 is 10.8 Å². The van der Waals surface area contributed by atoms with E-state index in [4.69, 9.17) is 10.5 Å². The zero-order valence-electron chi connectivity index (χ0n) is 13.3. The summed E-state index contributed by atoms with van der Waals surface area (Å²) in [6.45, 7) is 0. The first-order valence-electron chi connectivity index (χ1n) is 7.12. The number of nitrogens with zero attached hydrogens (tertiary/aromatic N) is 2. The number of nitrogens with two attached hydrogens (primary N) is 1. The van der Waals surface area contributed by atoms with E-state index in [1.807, 2.05) is 0 Å². The zero-order chi connectivity index (χ0) is 18.4. The monoisotopic (exact) mass is 344 g/mol. The lowest BCUT2D eigenvalue weighted by Crippen LogP contribution is -2.19. The van der Waals surface area contributed by atoms with Gasteiger partial charge >= 0.3 is 0 Å². The van der Waals surface area contributed by atoms with Gasteiger partial charge in [-0.05, 0) is 23.8 Å². The Bertz CT molecular complexity index is 818. The van der Waals surface area contributed by atoms with Crippen LogP contribution in [0, 0.1) is 10.1 Å². The number of nitrogen functional groups attached to an aromatic ring is 1. The molecule has 0 heterocycles. The Morgan fingerprint density at radius 3 is 2.68 bits per heavy atom. The van der Waals surface area contributed by atoms with E-state index in [1.54, 1.807) is 24.3 Å². The van der Waals surface area contributed by atoms with Crippen LogP contribution in [0.5, 0.6) is 11.5 Å². The van der Waals surface area contributed by atoms with Crippen molar-refractivity contribution in [1.82, 2.24) is 5.43 Å². The molecule has 2 aromatic rings. The second kappa shape index (κ2) is 7.77. The summed E-state index contributed by atoms with van der Waals surface area (Å²) in [5, 5.41) is 24.5. The molecule has 0 aromatic heterocycles. The largest absolute Gasteiger partial charge is 0.504 e. The number of nitrogens with one attached hydrogen (secondary N) is 1. The zero-order valence-corrected chi connectivity index (χ0v) is 13.3. The number of phenols is 1. The maximum absolute atomic E-state index is 11.8. The van der Waals surface area contributed by atoms with Gasteiger partial charge in [0.05, 0.1) is 36.3 Å². The second-order valence-corrected chi connectivity index (χ2v) is 5.05. The predicted octanol–water partition coefficient (Wildman–Crippen LogP) is 1.58. The van der Waals surface area contributed by atoms with Crippen LogP contribution >= 0.6 is 0 Å². The van der Waals surface area contributed by atoms with Gasteiger partial charge in [0.15, 0.2) is 11.5 Å². The first-order chi connectivity index (χ1) is 11.9. The molecule has 0 aliphatic rings. The van der Waals surface area contributed by atoms with Crippen molar-refractivity contribution < 1.29 is 19.6 Å². The van der Waals surface area contributed by atoms with Crippen LogP contribution in [0.1, 0.15) is 11.1 Å². The van der Waals surface area contributed by atoms with Gasteiger partial charge in [-0.15, -0.1) is 0 Å². The minimum Gasteiger partial charge on any atom is -0.504 e. The SMILES string of the molecule is COc1cc([N+](=O)[O-])c(/C=N\NC(=O)Cc2ccc(N)cc2)cc1O. The Kier molecular flexibility index (Phi) is 5.51. The number of anilines is 1. The molecule has 0 saturated heterocycles. The van der Waals surface area contributed by atoms with E-state index in [0.29, 0.717) is 5.69 Å². The molecular weight excluding hydrogens is 328 g/mol. The fourth-order valence-corrected chi connectivity index (χ4v) is 2.03. The van der Waals surface area contributed by atoms with Crippen LogP contribution in [0.4, 0.5) is 11.4 Å². The van der Waals surface area contributed by atoms with Crippen LogP contribution in [0.3, 0.4) is 0 Å². The maximum atomic E-state index is 11.8. The molecule has 25 heavy (non-hydrogen) atoms. The summed E-state index contributed by atoms with van der Waals surface area (Å²) in [5.74, 6) is -0.708. The van der Waals surface area contributed by atoms with E-state index in [9.17, 15) is 20.0 Å². The van der Waals surface area contributed by atoms with Gasteiger partial charge in [0.1, 0.15) is 0 Å². The molecule has 2 aromatic carbocycles. The normalized spacial score (nSPS) is 10.6. The van der Waals surface area contributed by atoms with Crippen molar-refractivity contribution in [2.45, 2.75) is 6.42 Å². The molecule has 0 atom stereocenters. The van der Waals surface area contributed by atoms with Crippen molar-refractivity contribution in [3.8, 4) is 11.5 Å². The molecule has 0 aliphatic carbocycles. The predicted molar refractivity (Wildman–Crippen MR) is 91.6 cm³/mol. The van der Waals surface area contributed by atoms with Gasteiger partial charge in [0.2, 0.25) is 5.91 Å². The average molecular weight is 344 g/mol. The fourth-order valence-electron chi connectivity index (χ4n) is 2.03. The number of benzene rings is 2. The number of hydrogen-bond donors (Lipinski definition) is 3. The number of hydrogen-bond acceptors (Lipinski definition) is 7. The van der Waals surface area contributed by atoms with Gasteiger partial charge < -0.3 is 15.6 Å². The Hall–Kier alpha value is -3.62. The van der Waals surface area contributed by atoms with E-state index in [-0.39, 0.29) is 29.2 Å². The minimum atomic E-state index is -0.639. The van der Waals surface area contributed by atoms with Gasteiger partial charge in [-0.3, -0.25) is 14.9 Å². The Morgan fingerprint density at radius 1 is 1.40 bits per heavy atom. The van der Waals surface area contributed by atoms with Crippen molar-refractivity contribution in [2.75, 3.05) is 12.8 Å². The summed E-state index contributed by atoms with van der Waals surface area (Å²) in [6.07, 6.45) is 1.16. The van der Waals surface area contributed by atoms with Gasteiger partial charge in [-0.25, -0.2) is 5.43 Å².